The normalized spacial score (nSPS) is 22.6. The molecule has 1 saturated carbocycles. The molecular weight excluding hydrogens is 215 g/mol. The second kappa shape index (κ2) is 4.57. The zero-order valence-electron chi connectivity index (χ0n) is 9.88. The van der Waals surface area contributed by atoms with Gasteiger partial charge in [-0.15, -0.1) is 0 Å². The Balaban J connectivity index is 1.51. The van der Waals surface area contributed by atoms with Crippen molar-refractivity contribution in [3.8, 4) is 0 Å². The molecule has 0 bridgehead atoms. The van der Waals surface area contributed by atoms with Gasteiger partial charge in [-0.1, -0.05) is 6.08 Å². The highest BCUT2D eigenvalue weighted by Gasteiger charge is 2.22. The molecule has 0 atom stereocenters. The Labute approximate surface area is 101 Å². The van der Waals surface area contributed by atoms with Gasteiger partial charge in [-0.3, -0.25) is 4.99 Å². The third kappa shape index (κ3) is 2.55. The van der Waals surface area contributed by atoms with Crippen molar-refractivity contribution in [2.24, 2.45) is 10.9 Å². The smallest absolute Gasteiger partial charge is 0.106 e. The monoisotopic (exact) mass is 232 g/mol. The standard InChI is InChI=1S/C14H17FN2/c15-12-3-4-13-11(9-17-14(13)7-12)5-6-16-8-10-1-2-10/h3-4,9-10,16H,1-2,5-8H2. The van der Waals surface area contributed by atoms with Crippen LogP contribution in [0.3, 0.4) is 0 Å². The summed E-state index contributed by atoms with van der Waals surface area (Å²) < 4.78 is 13.1. The van der Waals surface area contributed by atoms with E-state index in [9.17, 15) is 4.39 Å². The molecule has 2 aliphatic carbocycles. The molecule has 1 aliphatic heterocycles. The predicted molar refractivity (Wildman–Crippen MR) is 67.6 cm³/mol. The average molecular weight is 232 g/mol. The molecule has 0 unspecified atom stereocenters. The minimum Gasteiger partial charge on any atom is -0.316 e. The van der Waals surface area contributed by atoms with Crippen molar-refractivity contribution < 1.29 is 4.39 Å². The first-order valence-corrected chi connectivity index (χ1v) is 6.36. The van der Waals surface area contributed by atoms with Crippen LogP contribution >= 0.6 is 0 Å². The maximum absolute atomic E-state index is 13.1. The molecule has 17 heavy (non-hydrogen) atoms. The summed E-state index contributed by atoms with van der Waals surface area (Å²) in [6, 6.07) is 0. The fourth-order valence-corrected chi connectivity index (χ4v) is 2.27. The van der Waals surface area contributed by atoms with Gasteiger partial charge in [0.2, 0.25) is 0 Å². The number of halogens is 1. The van der Waals surface area contributed by atoms with Gasteiger partial charge in [0.25, 0.3) is 0 Å². The van der Waals surface area contributed by atoms with Gasteiger partial charge in [-0.05, 0) is 49.9 Å². The summed E-state index contributed by atoms with van der Waals surface area (Å²) in [4.78, 5) is 4.29. The highest BCUT2D eigenvalue weighted by molar-refractivity contribution is 6.08. The minimum atomic E-state index is -0.0889. The zero-order valence-corrected chi connectivity index (χ0v) is 9.88. The van der Waals surface area contributed by atoms with Crippen molar-refractivity contribution in [3.63, 3.8) is 0 Å². The number of nitrogens with one attached hydrogen (secondary N) is 1. The second-order valence-corrected chi connectivity index (χ2v) is 5.00. The Hall–Kier alpha value is -1.22. The van der Waals surface area contributed by atoms with Gasteiger partial charge in [0.15, 0.2) is 0 Å². The molecule has 0 saturated heterocycles. The number of allylic oxidation sites excluding steroid dienone is 4. The lowest BCUT2D eigenvalue weighted by atomic mass is 9.95. The van der Waals surface area contributed by atoms with Crippen LogP contribution in [-0.4, -0.2) is 18.8 Å². The molecule has 0 aromatic heterocycles. The maximum atomic E-state index is 13.1. The topological polar surface area (TPSA) is 24.4 Å². The molecule has 0 radical (unpaired) electrons. The lowest BCUT2D eigenvalue weighted by Gasteiger charge is -2.11. The number of hydrogen-bond donors (Lipinski definition) is 1. The molecule has 90 valence electrons. The number of nitrogens with zero attached hydrogens (tertiary/aromatic N) is 1. The average Bonchev–Trinajstić information content (AvgIpc) is 3.06. The van der Waals surface area contributed by atoms with Gasteiger partial charge >= 0.3 is 0 Å². The van der Waals surface area contributed by atoms with E-state index in [1.165, 1.54) is 18.4 Å². The largest absolute Gasteiger partial charge is 0.316 e. The third-order valence-corrected chi connectivity index (χ3v) is 3.50. The molecule has 1 fully saturated rings. The summed E-state index contributed by atoms with van der Waals surface area (Å²) in [6.07, 6.45) is 9.44. The summed E-state index contributed by atoms with van der Waals surface area (Å²) >= 11 is 0. The Kier molecular flexibility index (Phi) is 2.93. The Morgan fingerprint density at radius 3 is 3.06 bits per heavy atom. The molecular formula is C14H17FN2. The van der Waals surface area contributed by atoms with Crippen molar-refractivity contribution in [2.75, 3.05) is 13.1 Å². The van der Waals surface area contributed by atoms with E-state index in [1.807, 2.05) is 12.3 Å². The van der Waals surface area contributed by atoms with Crippen LogP contribution in [0.2, 0.25) is 0 Å². The highest BCUT2D eigenvalue weighted by atomic mass is 19.1. The molecule has 0 aromatic carbocycles. The Morgan fingerprint density at radius 1 is 1.35 bits per heavy atom. The third-order valence-electron chi connectivity index (χ3n) is 3.50. The van der Waals surface area contributed by atoms with E-state index in [1.54, 1.807) is 6.08 Å². The van der Waals surface area contributed by atoms with Crippen molar-refractivity contribution in [1.29, 1.82) is 0 Å². The lowest BCUT2D eigenvalue weighted by molar-refractivity contribution is 0.622. The fraction of sp³-hybridized carbons (Fsp3) is 0.500. The van der Waals surface area contributed by atoms with Gasteiger partial charge in [-0.25, -0.2) is 4.39 Å². The van der Waals surface area contributed by atoms with E-state index >= 15 is 0 Å². The summed E-state index contributed by atoms with van der Waals surface area (Å²) in [7, 11) is 0. The molecule has 1 heterocycles. The summed E-state index contributed by atoms with van der Waals surface area (Å²) in [5.74, 6) is 0.833. The Morgan fingerprint density at radius 2 is 2.24 bits per heavy atom. The molecule has 0 spiro atoms. The van der Waals surface area contributed by atoms with E-state index in [2.05, 4.69) is 10.3 Å². The first kappa shape index (κ1) is 10.9. The number of rotatable bonds is 5. The number of hydrogen-bond acceptors (Lipinski definition) is 2. The van der Waals surface area contributed by atoms with Crippen molar-refractivity contribution in [1.82, 2.24) is 5.32 Å². The van der Waals surface area contributed by atoms with Crippen molar-refractivity contribution >= 4 is 5.71 Å². The molecule has 2 nitrogen and oxygen atoms in total. The van der Waals surface area contributed by atoms with E-state index in [0.29, 0.717) is 6.42 Å². The first-order valence-electron chi connectivity index (χ1n) is 6.36. The fourth-order valence-electron chi connectivity index (χ4n) is 2.27. The maximum Gasteiger partial charge on any atom is 0.106 e. The van der Waals surface area contributed by atoms with Crippen LogP contribution in [-0.2, 0) is 0 Å². The molecule has 3 aliphatic rings. The van der Waals surface area contributed by atoms with Gasteiger partial charge < -0.3 is 5.32 Å². The number of fused-ring (bicyclic) bond motifs is 1. The SMILES string of the molecule is FC1=CC=C2C(CCNCC3CC3)=CN=C2C1. The second-order valence-electron chi connectivity index (χ2n) is 5.00. The van der Waals surface area contributed by atoms with Crippen LogP contribution < -0.4 is 5.32 Å². The van der Waals surface area contributed by atoms with Crippen LogP contribution in [0.25, 0.3) is 0 Å². The van der Waals surface area contributed by atoms with Gasteiger partial charge in [0.1, 0.15) is 5.83 Å². The van der Waals surface area contributed by atoms with E-state index in [-0.39, 0.29) is 5.83 Å². The molecule has 1 N–H and O–H groups in total. The van der Waals surface area contributed by atoms with Crippen LogP contribution in [0, 0.1) is 5.92 Å². The predicted octanol–water partition coefficient (Wildman–Crippen LogP) is 2.90. The van der Waals surface area contributed by atoms with Crippen molar-refractivity contribution in [3.05, 3.63) is 35.3 Å². The zero-order chi connectivity index (χ0) is 11.7. The summed E-state index contributed by atoms with van der Waals surface area (Å²) in [5, 5.41) is 3.47. The van der Waals surface area contributed by atoms with E-state index in [4.69, 9.17) is 0 Å². The summed E-state index contributed by atoms with van der Waals surface area (Å²) in [6.45, 7) is 2.14. The molecule has 0 aromatic rings. The van der Waals surface area contributed by atoms with E-state index < -0.39 is 0 Å². The van der Waals surface area contributed by atoms with Crippen LogP contribution in [0.15, 0.2) is 40.3 Å². The highest BCUT2D eigenvalue weighted by Crippen LogP contribution is 2.30. The molecule has 0 amide bonds. The van der Waals surface area contributed by atoms with Crippen molar-refractivity contribution in [2.45, 2.75) is 25.7 Å². The summed E-state index contributed by atoms with van der Waals surface area (Å²) in [5.41, 5.74) is 3.27. The number of aliphatic imine (C=N–C) groups is 1. The molecule has 3 heteroatoms. The molecule has 3 rings (SSSR count). The van der Waals surface area contributed by atoms with Gasteiger partial charge in [-0.2, -0.15) is 0 Å². The quantitative estimate of drug-likeness (QED) is 0.724. The Bertz CT molecular complexity index is 439. The van der Waals surface area contributed by atoms with Crippen LogP contribution in [0.5, 0.6) is 0 Å². The van der Waals surface area contributed by atoms with Gasteiger partial charge in [0, 0.05) is 18.2 Å². The van der Waals surface area contributed by atoms with E-state index in [0.717, 1.165) is 36.7 Å². The lowest BCUT2D eigenvalue weighted by Crippen LogP contribution is -2.19. The van der Waals surface area contributed by atoms with Gasteiger partial charge in [0.05, 0.1) is 5.71 Å². The first-order chi connectivity index (χ1) is 8.33. The van der Waals surface area contributed by atoms with Crippen LogP contribution in [0.4, 0.5) is 4.39 Å². The van der Waals surface area contributed by atoms with Crippen LogP contribution in [0.1, 0.15) is 25.7 Å². The minimum absolute atomic E-state index is 0.0889.